The zero-order valence-corrected chi connectivity index (χ0v) is 75.0. The van der Waals surface area contributed by atoms with E-state index in [2.05, 4.69) is 435 Å². The Labute approximate surface area is 737 Å². The standard InChI is InChI=1S/4C18H15P.C16H18N4.C8H11BO2.C8H9ClN4.Pd/c4*1-4-10-16(11-5-1)19(17-12-6-2-7-13-17)18-14-8-3-9-15-18;1-10(2)16-18-17-15-8-7-14(19-20(15)16)13-6-5-11(3)9-12(13)4;1-6-3-4-8(9(10)11)7(2)5-6;1-5(2)8-11-10-7-4-3-6(9)12-13(7)8;/h4*1-15H;5-10H,1-4H3;3-5,10-11H,1-2H3;3-5H,1-2H3;. The van der Waals surface area contributed by atoms with Crippen molar-refractivity contribution < 1.29 is 30.5 Å². The molecule has 0 radical (unpaired) electrons. The normalized spacial score (nSPS) is 10.7. The van der Waals surface area contributed by atoms with Gasteiger partial charge in [-0.05, 0) is 158 Å². The topological polar surface area (TPSA) is 127 Å². The zero-order chi connectivity index (χ0) is 83.8. The molecule has 0 saturated carbocycles. The van der Waals surface area contributed by atoms with E-state index in [1.165, 1.54) is 74.8 Å². The zero-order valence-electron chi connectivity index (χ0n) is 69.1. The molecule has 0 aliphatic heterocycles. The third-order valence-corrected chi connectivity index (χ3v) is 29.1. The Morgan fingerprint density at radius 2 is 0.504 bits per heavy atom. The number of nitrogens with zero attached hydrogens (tertiary/aromatic N) is 8. The fourth-order valence-corrected chi connectivity index (χ4v) is 22.7. The molecule has 2 N–H and O–H groups in total. The van der Waals surface area contributed by atoms with Gasteiger partial charge in [0.05, 0.1) is 5.69 Å². The van der Waals surface area contributed by atoms with Crippen LogP contribution in [0.15, 0.2) is 425 Å². The summed E-state index contributed by atoms with van der Waals surface area (Å²) in [4.78, 5) is 0. The predicted molar refractivity (Wildman–Crippen MR) is 516 cm³/mol. The van der Waals surface area contributed by atoms with Crippen molar-refractivity contribution >= 4 is 131 Å². The van der Waals surface area contributed by atoms with Crippen LogP contribution in [0.25, 0.3) is 22.6 Å². The maximum Gasteiger partial charge on any atom is 0.488 e. The molecule has 0 aliphatic carbocycles. The molecule has 0 amide bonds. The van der Waals surface area contributed by atoms with Gasteiger partial charge in [-0.2, -0.15) is 19.2 Å². The Morgan fingerprint density at radius 1 is 0.273 bits per heavy atom. The van der Waals surface area contributed by atoms with Gasteiger partial charge in [0.1, 0.15) is 5.15 Å². The fraction of sp³-hybridized carbons (Fsp3) is 0.0962. The Morgan fingerprint density at radius 3 is 0.736 bits per heavy atom. The van der Waals surface area contributed by atoms with E-state index in [1.807, 2.05) is 56.5 Å². The molecule has 0 saturated heterocycles. The first-order chi connectivity index (χ1) is 58.6. The molecule has 0 atom stereocenters. The van der Waals surface area contributed by atoms with E-state index < -0.39 is 38.8 Å². The van der Waals surface area contributed by atoms with Gasteiger partial charge < -0.3 is 10.0 Å². The monoisotopic (exact) mass is 1770 g/mol. The summed E-state index contributed by atoms with van der Waals surface area (Å²) in [6.45, 7) is 16.3. The maximum absolute atomic E-state index is 8.85. The Bertz CT molecular complexity index is 5190. The van der Waals surface area contributed by atoms with Crippen LogP contribution < -0.4 is 69.1 Å². The van der Waals surface area contributed by atoms with Crippen LogP contribution in [-0.4, -0.2) is 56.8 Å². The van der Waals surface area contributed by atoms with Crippen molar-refractivity contribution in [3.63, 3.8) is 0 Å². The van der Waals surface area contributed by atoms with Gasteiger partial charge in [-0.3, -0.25) is 0 Å². The number of aromatic nitrogens is 8. The number of benzene rings is 14. The van der Waals surface area contributed by atoms with Gasteiger partial charge in [-0.25, -0.2) is 0 Å². The van der Waals surface area contributed by atoms with E-state index in [1.54, 1.807) is 22.7 Å². The van der Waals surface area contributed by atoms with Crippen molar-refractivity contribution in [1.29, 1.82) is 0 Å². The first kappa shape index (κ1) is 90.6. The van der Waals surface area contributed by atoms with Crippen LogP contribution in [0.2, 0.25) is 5.15 Å². The molecule has 121 heavy (non-hydrogen) atoms. The van der Waals surface area contributed by atoms with Gasteiger partial charge in [0.15, 0.2) is 22.9 Å². The molecule has 10 nitrogen and oxygen atoms in total. The molecule has 0 aliphatic rings. The van der Waals surface area contributed by atoms with Crippen LogP contribution in [0.4, 0.5) is 0 Å². The number of hydrogen-bond acceptors (Lipinski definition) is 8. The molecule has 18 rings (SSSR count). The number of rotatable bonds is 16. The largest absolute Gasteiger partial charge is 0.488 e. The molecule has 0 fully saturated rings. The summed E-state index contributed by atoms with van der Waals surface area (Å²) in [5, 5.41) is 60.1. The summed E-state index contributed by atoms with van der Waals surface area (Å²) in [6, 6.07) is 149. The Balaban J connectivity index is 0.000000139. The minimum atomic E-state index is -1.35. The van der Waals surface area contributed by atoms with Gasteiger partial charge in [0, 0.05) is 37.8 Å². The van der Waals surface area contributed by atoms with E-state index in [0.717, 1.165) is 45.3 Å². The minimum absolute atomic E-state index is 0. The molecule has 0 bridgehead atoms. The smallest absolute Gasteiger partial charge is 0.423 e. The average Bonchev–Trinajstić information content (AvgIpc) is 1.65. The second-order valence-electron chi connectivity index (χ2n) is 28.8. The SMILES string of the molecule is CC(C)c1nnc2ccc(Cl)nn12.Cc1ccc(-c2ccc3nnc(C(C)C)n3n2)c(C)c1.Cc1ccc(B(O)O)c(C)c1.[Pd].c1ccc(P(c2ccccc2)c2ccccc2)cc1.c1ccc(P(c2ccccc2)c2ccccc2)cc1.c1ccc(P(c2ccccc2)c2ccccc2)cc1.c1ccc(P(c2ccccc2)c2ccccc2)cc1. The first-order valence-corrected chi connectivity index (χ1v) is 45.8. The van der Waals surface area contributed by atoms with Gasteiger partial charge in [-0.15, -0.1) is 20.4 Å². The molecular formula is C104H98BClN8O2P4Pd. The number of aryl methyl sites for hydroxylation is 4. The molecule has 17 heteroatoms. The van der Waals surface area contributed by atoms with Gasteiger partial charge >= 0.3 is 7.12 Å². The maximum atomic E-state index is 8.85. The van der Waals surface area contributed by atoms with Gasteiger partial charge in [0.25, 0.3) is 0 Å². The van der Waals surface area contributed by atoms with Crippen molar-refractivity contribution in [2.75, 3.05) is 0 Å². The fourth-order valence-electron chi connectivity index (χ4n) is 13.4. The third-order valence-electron chi connectivity index (χ3n) is 19.1. The van der Waals surface area contributed by atoms with Gasteiger partial charge in [0.2, 0.25) is 0 Å². The van der Waals surface area contributed by atoms with Crippen molar-refractivity contribution in [3.8, 4) is 11.3 Å². The second kappa shape index (κ2) is 47.2. The van der Waals surface area contributed by atoms with Gasteiger partial charge in [-0.1, -0.05) is 456 Å². The summed E-state index contributed by atoms with van der Waals surface area (Å²) in [5.41, 5.74) is 8.76. The van der Waals surface area contributed by atoms with Crippen LogP contribution >= 0.6 is 43.3 Å². The Kier molecular flexibility index (Phi) is 35.3. The predicted octanol–water partition coefficient (Wildman–Crippen LogP) is 19.2. The second-order valence-corrected chi connectivity index (χ2v) is 38.0. The summed E-state index contributed by atoms with van der Waals surface area (Å²) in [6.07, 6.45) is 0. The summed E-state index contributed by atoms with van der Waals surface area (Å²) >= 11 is 5.76. The molecular weight excluding hydrogens is 1670 g/mol. The van der Waals surface area contributed by atoms with E-state index >= 15 is 0 Å². The molecule has 606 valence electrons. The van der Waals surface area contributed by atoms with E-state index in [4.69, 9.17) is 26.7 Å². The average molecular weight is 1770 g/mol. The van der Waals surface area contributed by atoms with Crippen LogP contribution in [0, 0.1) is 27.7 Å². The molecule has 0 spiro atoms. The quantitative estimate of drug-likeness (QED) is 0.0723. The van der Waals surface area contributed by atoms with Crippen molar-refractivity contribution in [3.05, 3.63) is 464 Å². The molecule has 0 unspecified atom stereocenters. The minimum Gasteiger partial charge on any atom is -0.423 e. The van der Waals surface area contributed by atoms with Crippen molar-refractivity contribution in [2.45, 2.75) is 67.2 Å². The molecule has 14 aromatic carbocycles. The summed E-state index contributed by atoms with van der Waals surface area (Å²) in [7, 11) is -3.14. The summed E-state index contributed by atoms with van der Waals surface area (Å²) < 4.78 is 3.52. The number of hydrogen-bond donors (Lipinski definition) is 2. The number of fused-ring (bicyclic) bond motifs is 2. The van der Waals surface area contributed by atoms with Crippen LogP contribution in [-0.2, 0) is 20.4 Å². The van der Waals surface area contributed by atoms with E-state index in [-0.39, 0.29) is 20.4 Å². The van der Waals surface area contributed by atoms with Crippen LogP contribution in [0.1, 0.15) is 73.4 Å². The van der Waals surface area contributed by atoms with Crippen LogP contribution in [0.3, 0.4) is 0 Å². The van der Waals surface area contributed by atoms with Crippen LogP contribution in [0.5, 0.6) is 0 Å². The Hall–Kier alpha value is -11.2. The molecule has 4 aromatic heterocycles. The summed E-state index contributed by atoms with van der Waals surface area (Å²) in [5.74, 6) is 2.32. The van der Waals surface area contributed by atoms with E-state index in [0.29, 0.717) is 22.5 Å². The number of halogens is 1. The van der Waals surface area contributed by atoms with Crippen molar-refractivity contribution in [1.82, 2.24) is 39.6 Å². The van der Waals surface area contributed by atoms with Crippen molar-refractivity contribution in [2.24, 2.45) is 0 Å². The molecule has 18 aromatic rings. The molecule has 4 heterocycles. The third kappa shape index (κ3) is 25.9. The first-order valence-electron chi connectivity index (χ1n) is 40.1. The van der Waals surface area contributed by atoms with E-state index in [9.17, 15) is 0 Å².